The highest BCUT2D eigenvalue weighted by Gasteiger charge is 2.27. The van der Waals surface area contributed by atoms with E-state index in [2.05, 4.69) is 15.7 Å². The molecule has 2 atom stereocenters. The van der Waals surface area contributed by atoms with Crippen molar-refractivity contribution < 1.29 is 14.3 Å². The molecule has 0 aromatic carbocycles. The molecule has 2 unspecified atom stereocenters. The summed E-state index contributed by atoms with van der Waals surface area (Å²) in [5, 5.41) is 19.9. The number of carbonyl (C=O) groups excluding carboxylic acids is 1. The van der Waals surface area contributed by atoms with Gasteiger partial charge in [0.05, 0.1) is 6.54 Å². The molecule has 0 aliphatic rings. The van der Waals surface area contributed by atoms with Gasteiger partial charge in [0.1, 0.15) is 17.1 Å². The van der Waals surface area contributed by atoms with Gasteiger partial charge in [-0.15, -0.1) is 0 Å². The summed E-state index contributed by atoms with van der Waals surface area (Å²) in [6.45, 7) is 6.76. The number of hydrogen-bond donors (Lipinski definition) is 3. The number of nitrogens with zero attached hydrogens (tertiary/aromatic N) is 2. The second-order valence-electron chi connectivity index (χ2n) is 6.08. The Balaban J connectivity index is 1.72. The lowest BCUT2D eigenvalue weighted by atomic mass is 10.0. The van der Waals surface area contributed by atoms with Gasteiger partial charge in [-0.25, -0.2) is 4.79 Å². The Kier molecular flexibility index (Phi) is 5.44. The highest BCUT2D eigenvalue weighted by molar-refractivity contribution is 5.73. The molecule has 2 aromatic heterocycles. The summed E-state index contributed by atoms with van der Waals surface area (Å²) in [4.78, 5) is 11.8. The van der Waals surface area contributed by atoms with Gasteiger partial charge in [-0.05, 0) is 38.0 Å². The van der Waals surface area contributed by atoms with Crippen LogP contribution in [0.2, 0.25) is 0 Å². The number of furan rings is 1. The standard InChI is InChI=1S/C16H24N4O3/c1-12(10-20-8-4-7-19-20)9-17-15(21)18-11-16(3,22)14-6-5-13(2)23-14/h4-8,12,22H,9-11H2,1-3H3,(H2,17,18,21). The summed E-state index contributed by atoms with van der Waals surface area (Å²) in [5.41, 5.74) is -1.24. The van der Waals surface area contributed by atoms with Gasteiger partial charge in [0.2, 0.25) is 0 Å². The molecule has 0 saturated heterocycles. The highest BCUT2D eigenvalue weighted by Crippen LogP contribution is 2.21. The number of amides is 2. The molecule has 7 nitrogen and oxygen atoms in total. The third-order valence-electron chi connectivity index (χ3n) is 3.53. The molecule has 0 spiro atoms. The second kappa shape index (κ2) is 7.32. The molecule has 0 aliphatic heterocycles. The maximum Gasteiger partial charge on any atom is 0.314 e. The minimum atomic E-state index is -1.24. The topological polar surface area (TPSA) is 92.3 Å². The molecule has 23 heavy (non-hydrogen) atoms. The van der Waals surface area contributed by atoms with Crippen molar-refractivity contribution in [2.75, 3.05) is 13.1 Å². The maximum absolute atomic E-state index is 11.8. The fraction of sp³-hybridized carbons (Fsp3) is 0.500. The van der Waals surface area contributed by atoms with Crippen LogP contribution in [-0.2, 0) is 12.1 Å². The van der Waals surface area contributed by atoms with Crippen LogP contribution < -0.4 is 10.6 Å². The van der Waals surface area contributed by atoms with Crippen molar-refractivity contribution in [1.29, 1.82) is 0 Å². The maximum atomic E-state index is 11.8. The minimum Gasteiger partial charge on any atom is -0.463 e. The van der Waals surface area contributed by atoms with Crippen molar-refractivity contribution in [3.8, 4) is 0 Å². The van der Waals surface area contributed by atoms with Crippen LogP contribution >= 0.6 is 0 Å². The molecule has 0 saturated carbocycles. The first-order valence-corrected chi connectivity index (χ1v) is 7.65. The van der Waals surface area contributed by atoms with E-state index in [4.69, 9.17) is 4.42 Å². The van der Waals surface area contributed by atoms with Crippen LogP contribution in [0.3, 0.4) is 0 Å². The summed E-state index contributed by atoms with van der Waals surface area (Å²) in [6.07, 6.45) is 3.62. The third-order valence-corrected chi connectivity index (χ3v) is 3.53. The number of rotatable bonds is 7. The lowest BCUT2D eigenvalue weighted by Crippen LogP contribution is -2.44. The predicted octanol–water partition coefficient (Wildman–Crippen LogP) is 1.63. The van der Waals surface area contributed by atoms with Crippen LogP contribution in [0.5, 0.6) is 0 Å². The highest BCUT2D eigenvalue weighted by atomic mass is 16.4. The van der Waals surface area contributed by atoms with E-state index in [0.717, 1.165) is 12.3 Å². The smallest absolute Gasteiger partial charge is 0.314 e. The third kappa shape index (κ3) is 5.14. The molecule has 7 heteroatoms. The first-order valence-electron chi connectivity index (χ1n) is 7.65. The summed E-state index contributed by atoms with van der Waals surface area (Å²) < 4.78 is 7.23. The molecular formula is C16H24N4O3. The zero-order valence-corrected chi connectivity index (χ0v) is 13.7. The molecule has 3 N–H and O–H groups in total. The zero-order valence-electron chi connectivity index (χ0n) is 13.7. The van der Waals surface area contributed by atoms with Gasteiger partial charge < -0.3 is 20.2 Å². The van der Waals surface area contributed by atoms with Gasteiger partial charge in [-0.1, -0.05) is 6.92 Å². The molecule has 126 valence electrons. The molecular weight excluding hydrogens is 296 g/mol. The lowest BCUT2D eigenvalue weighted by Gasteiger charge is -2.21. The Morgan fingerprint density at radius 3 is 2.87 bits per heavy atom. The average Bonchev–Trinajstić information content (AvgIpc) is 3.15. The Hall–Kier alpha value is -2.28. The van der Waals surface area contributed by atoms with Crippen molar-refractivity contribution in [2.24, 2.45) is 5.92 Å². The SMILES string of the molecule is Cc1ccc(C(C)(O)CNC(=O)NCC(C)Cn2cccn2)o1. The average molecular weight is 320 g/mol. The molecule has 0 radical (unpaired) electrons. The van der Waals surface area contributed by atoms with Gasteiger partial charge >= 0.3 is 6.03 Å². The number of aromatic nitrogens is 2. The Bertz CT molecular complexity index is 619. The Morgan fingerprint density at radius 2 is 2.26 bits per heavy atom. The van der Waals surface area contributed by atoms with Crippen molar-refractivity contribution in [2.45, 2.75) is 32.9 Å². The molecule has 2 amide bonds. The number of carbonyl (C=O) groups is 1. The Labute approximate surface area is 135 Å². The first-order chi connectivity index (χ1) is 10.9. The quantitative estimate of drug-likeness (QED) is 0.723. The lowest BCUT2D eigenvalue weighted by molar-refractivity contribution is 0.0359. The van der Waals surface area contributed by atoms with Crippen molar-refractivity contribution in [1.82, 2.24) is 20.4 Å². The van der Waals surface area contributed by atoms with Gasteiger partial charge in [-0.2, -0.15) is 5.10 Å². The van der Waals surface area contributed by atoms with E-state index in [-0.39, 0.29) is 18.5 Å². The summed E-state index contributed by atoms with van der Waals surface area (Å²) >= 11 is 0. The predicted molar refractivity (Wildman–Crippen MR) is 85.8 cm³/mol. The van der Waals surface area contributed by atoms with Gasteiger partial charge in [0.25, 0.3) is 0 Å². The number of aliphatic hydroxyl groups is 1. The van der Waals surface area contributed by atoms with Crippen LogP contribution in [0.4, 0.5) is 4.79 Å². The van der Waals surface area contributed by atoms with Crippen LogP contribution in [0, 0.1) is 12.8 Å². The van der Waals surface area contributed by atoms with Gasteiger partial charge in [-0.3, -0.25) is 4.68 Å². The second-order valence-corrected chi connectivity index (χ2v) is 6.08. The monoisotopic (exact) mass is 320 g/mol. The number of aryl methyl sites for hydroxylation is 1. The normalized spacial score (nSPS) is 15.0. The molecule has 0 fully saturated rings. The summed E-state index contributed by atoms with van der Waals surface area (Å²) in [5.74, 6) is 1.40. The molecule has 0 aliphatic carbocycles. The van der Waals surface area contributed by atoms with E-state index in [0.29, 0.717) is 12.3 Å². The largest absolute Gasteiger partial charge is 0.463 e. The van der Waals surface area contributed by atoms with Crippen LogP contribution in [0.1, 0.15) is 25.4 Å². The van der Waals surface area contributed by atoms with Crippen molar-refractivity contribution in [3.63, 3.8) is 0 Å². The summed E-state index contributed by atoms with van der Waals surface area (Å²) in [7, 11) is 0. The fourth-order valence-electron chi connectivity index (χ4n) is 2.19. The first kappa shape index (κ1) is 17.1. The van der Waals surface area contributed by atoms with Crippen LogP contribution in [0.25, 0.3) is 0 Å². The van der Waals surface area contributed by atoms with E-state index in [1.54, 1.807) is 32.2 Å². The van der Waals surface area contributed by atoms with Gasteiger partial charge in [0, 0.05) is 25.5 Å². The summed E-state index contributed by atoms with van der Waals surface area (Å²) in [6, 6.07) is 5.04. The fourth-order valence-corrected chi connectivity index (χ4v) is 2.19. The van der Waals surface area contributed by atoms with Crippen molar-refractivity contribution in [3.05, 3.63) is 42.1 Å². The van der Waals surface area contributed by atoms with Gasteiger partial charge in [0.15, 0.2) is 0 Å². The van der Waals surface area contributed by atoms with E-state index in [9.17, 15) is 9.90 Å². The van der Waals surface area contributed by atoms with E-state index in [1.165, 1.54) is 0 Å². The molecule has 2 rings (SSSR count). The Morgan fingerprint density at radius 1 is 1.48 bits per heavy atom. The number of hydrogen-bond acceptors (Lipinski definition) is 4. The number of urea groups is 1. The van der Waals surface area contributed by atoms with Crippen molar-refractivity contribution >= 4 is 6.03 Å². The van der Waals surface area contributed by atoms with E-state index >= 15 is 0 Å². The zero-order chi connectivity index (χ0) is 16.9. The molecule has 2 aromatic rings. The minimum absolute atomic E-state index is 0.0688. The molecule has 0 bridgehead atoms. The van der Waals surface area contributed by atoms with Crippen LogP contribution in [-0.4, -0.2) is 34.0 Å². The molecule has 2 heterocycles. The van der Waals surface area contributed by atoms with Crippen LogP contribution in [0.15, 0.2) is 35.0 Å². The van der Waals surface area contributed by atoms with E-state index < -0.39 is 5.60 Å². The number of nitrogens with one attached hydrogen (secondary N) is 2. The van der Waals surface area contributed by atoms with E-state index in [1.807, 2.05) is 23.9 Å².